The molecule has 7 heteroatoms. The number of fused-ring (bicyclic) bond motifs is 1. The van der Waals surface area contributed by atoms with E-state index < -0.39 is 11.8 Å². The molecule has 1 heterocycles. The number of halogens is 1. The Labute approximate surface area is 177 Å². The number of esters is 1. The molecule has 0 atom stereocenters. The van der Waals surface area contributed by atoms with Gasteiger partial charge in [-0.2, -0.15) is 0 Å². The molecule has 6 nitrogen and oxygen atoms in total. The van der Waals surface area contributed by atoms with Crippen molar-refractivity contribution in [2.45, 2.75) is 0 Å². The Morgan fingerprint density at radius 2 is 1.68 bits per heavy atom. The van der Waals surface area contributed by atoms with Crippen molar-refractivity contribution in [1.82, 2.24) is 0 Å². The number of methoxy groups -OCH3 is 2. The van der Waals surface area contributed by atoms with Crippen LogP contribution in [0.5, 0.6) is 23.0 Å². The summed E-state index contributed by atoms with van der Waals surface area (Å²) in [5, 5.41) is 0. The lowest BCUT2D eigenvalue weighted by Crippen LogP contribution is -2.12. The highest BCUT2D eigenvalue weighted by atomic mass is 19.1. The fourth-order valence-corrected chi connectivity index (χ4v) is 3.17. The van der Waals surface area contributed by atoms with E-state index in [9.17, 15) is 14.0 Å². The molecular formula is C24H17FO6. The van der Waals surface area contributed by atoms with Crippen molar-refractivity contribution in [2.75, 3.05) is 14.2 Å². The first-order valence-electron chi connectivity index (χ1n) is 9.28. The lowest BCUT2D eigenvalue weighted by atomic mass is 10.1. The summed E-state index contributed by atoms with van der Waals surface area (Å²) in [6.45, 7) is 0. The number of benzene rings is 3. The number of allylic oxidation sites excluding steroid dienone is 1. The number of ketones is 1. The SMILES string of the molecule is COc1cccc(OC)c1C(=O)Oc1ccc2c(c1)OC(=Cc1ccccc1F)C2=O. The molecule has 0 fully saturated rings. The number of carbonyl (C=O) groups excluding carboxylic acids is 2. The number of Topliss-reactive ketones (excluding diaryl/α,β-unsaturated/α-hetero) is 1. The van der Waals surface area contributed by atoms with Gasteiger partial charge in [0.1, 0.15) is 34.4 Å². The molecule has 0 spiro atoms. The molecule has 0 saturated carbocycles. The van der Waals surface area contributed by atoms with Gasteiger partial charge in [-0.1, -0.05) is 24.3 Å². The molecule has 0 N–H and O–H groups in total. The van der Waals surface area contributed by atoms with E-state index >= 15 is 0 Å². The van der Waals surface area contributed by atoms with E-state index in [4.69, 9.17) is 18.9 Å². The molecule has 0 saturated heterocycles. The van der Waals surface area contributed by atoms with Crippen LogP contribution >= 0.6 is 0 Å². The van der Waals surface area contributed by atoms with Crippen LogP contribution in [0, 0.1) is 5.82 Å². The summed E-state index contributed by atoms with van der Waals surface area (Å²) in [5.41, 5.74) is 0.649. The van der Waals surface area contributed by atoms with E-state index in [1.165, 1.54) is 50.6 Å². The minimum Gasteiger partial charge on any atom is -0.496 e. The third-order valence-electron chi connectivity index (χ3n) is 4.68. The smallest absolute Gasteiger partial charge is 0.351 e. The van der Waals surface area contributed by atoms with E-state index in [-0.39, 0.29) is 39.7 Å². The van der Waals surface area contributed by atoms with Crippen LogP contribution in [0.1, 0.15) is 26.3 Å². The van der Waals surface area contributed by atoms with Crippen LogP contribution in [-0.2, 0) is 0 Å². The van der Waals surface area contributed by atoms with E-state index in [0.29, 0.717) is 11.5 Å². The first-order valence-corrected chi connectivity index (χ1v) is 9.28. The molecule has 0 aliphatic carbocycles. The molecule has 0 aromatic heterocycles. The van der Waals surface area contributed by atoms with Crippen molar-refractivity contribution >= 4 is 17.8 Å². The van der Waals surface area contributed by atoms with Crippen LogP contribution in [0.2, 0.25) is 0 Å². The minimum absolute atomic E-state index is 0.0185. The number of carbonyl (C=O) groups is 2. The van der Waals surface area contributed by atoms with E-state index in [2.05, 4.69) is 0 Å². The van der Waals surface area contributed by atoms with Crippen molar-refractivity contribution in [3.63, 3.8) is 0 Å². The molecule has 1 aliphatic heterocycles. The maximum atomic E-state index is 13.9. The van der Waals surface area contributed by atoms with Gasteiger partial charge in [-0.05, 0) is 36.4 Å². The van der Waals surface area contributed by atoms with Gasteiger partial charge in [-0.25, -0.2) is 9.18 Å². The van der Waals surface area contributed by atoms with Gasteiger partial charge in [-0.15, -0.1) is 0 Å². The molecule has 156 valence electrons. The predicted molar refractivity (Wildman–Crippen MR) is 110 cm³/mol. The average molecular weight is 420 g/mol. The maximum absolute atomic E-state index is 13.9. The molecule has 0 radical (unpaired) electrons. The Morgan fingerprint density at radius 3 is 2.35 bits per heavy atom. The van der Waals surface area contributed by atoms with Crippen LogP contribution in [0.3, 0.4) is 0 Å². The van der Waals surface area contributed by atoms with Crippen LogP contribution in [-0.4, -0.2) is 26.0 Å². The predicted octanol–water partition coefficient (Wildman–Crippen LogP) is 4.68. The highest BCUT2D eigenvalue weighted by Gasteiger charge is 2.29. The minimum atomic E-state index is -0.694. The van der Waals surface area contributed by atoms with Gasteiger partial charge in [0, 0.05) is 11.6 Å². The van der Waals surface area contributed by atoms with E-state index in [0.717, 1.165) is 0 Å². The molecule has 4 rings (SSSR count). The second kappa shape index (κ2) is 8.31. The summed E-state index contributed by atoms with van der Waals surface area (Å²) in [4.78, 5) is 25.3. The molecule has 0 amide bonds. The third-order valence-corrected chi connectivity index (χ3v) is 4.68. The lowest BCUT2D eigenvalue weighted by molar-refractivity contribution is 0.0727. The van der Waals surface area contributed by atoms with Gasteiger partial charge < -0.3 is 18.9 Å². The van der Waals surface area contributed by atoms with Gasteiger partial charge in [0.25, 0.3) is 0 Å². The summed E-state index contributed by atoms with van der Waals surface area (Å²) in [6, 6.07) is 15.4. The first kappa shape index (κ1) is 20.2. The normalized spacial score (nSPS) is 13.5. The van der Waals surface area contributed by atoms with Crippen LogP contribution in [0.4, 0.5) is 4.39 Å². The van der Waals surface area contributed by atoms with Crippen molar-refractivity contribution in [3.05, 3.63) is 88.9 Å². The number of hydrogen-bond acceptors (Lipinski definition) is 6. The fourth-order valence-electron chi connectivity index (χ4n) is 3.17. The molecule has 0 unspecified atom stereocenters. The van der Waals surface area contributed by atoms with Crippen molar-refractivity contribution in [2.24, 2.45) is 0 Å². The monoisotopic (exact) mass is 420 g/mol. The summed E-state index contributed by atoms with van der Waals surface area (Å²) in [5.74, 6) is -0.596. The topological polar surface area (TPSA) is 71.1 Å². The maximum Gasteiger partial charge on any atom is 0.351 e. The zero-order chi connectivity index (χ0) is 22.0. The molecule has 31 heavy (non-hydrogen) atoms. The zero-order valence-electron chi connectivity index (χ0n) is 16.7. The third kappa shape index (κ3) is 3.85. The molecule has 3 aromatic carbocycles. The molecule has 3 aromatic rings. The number of rotatable bonds is 5. The Kier molecular flexibility index (Phi) is 5.41. The summed E-state index contributed by atoms with van der Waals surface area (Å²) in [6.07, 6.45) is 1.34. The second-order valence-electron chi connectivity index (χ2n) is 6.55. The fraction of sp³-hybridized carbons (Fsp3) is 0.0833. The van der Waals surface area contributed by atoms with Gasteiger partial charge >= 0.3 is 5.97 Å². The van der Waals surface area contributed by atoms with Crippen LogP contribution in [0.25, 0.3) is 6.08 Å². The van der Waals surface area contributed by atoms with Crippen LogP contribution in [0.15, 0.2) is 66.4 Å². The molecule has 1 aliphatic rings. The van der Waals surface area contributed by atoms with E-state index in [1.807, 2.05) is 0 Å². The lowest BCUT2D eigenvalue weighted by Gasteiger charge is -2.12. The van der Waals surface area contributed by atoms with Gasteiger partial charge in [0.05, 0.1) is 19.8 Å². The Balaban J connectivity index is 1.60. The summed E-state index contributed by atoms with van der Waals surface area (Å²) < 4.78 is 35.4. The van der Waals surface area contributed by atoms with Crippen molar-refractivity contribution in [1.29, 1.82) is 0 Å². The van der Waals surface area contributed by atoms with Crippen molar-refractivity contribution < 1.29 is 32.9 Å². The van der Waals surface area contributed by atoms with E-state index in [1.54, 1.807) is 30.3 Å². The second-order valence-corrected chi connectivity index (χ2v) is 6.55. The summed E-state index contributed by atoms with van der Waals surface area (Å²) >= 11 is 0. The summed E-state index contributed by atoms with van der Waals surface area (Å²) in [7, 11) is 2.87. The quantitative estimate of drug-likeness (QED) is 0.339. The van der Waals surface area contributed by atoms with Crippen molar-refractivity contribution in [3.8, 4) is 23.0 Å². The standard InChI is InChI=1S/C24H17FO6/c1-28-18-8-5-9-19(29-2)22(18)24(27)30-15-10-11-16-20(13-15)31-21(23(16)26)12-14-6-3-4-7-17(14)25/h3-13H,1-2H3. The van der Waals surface area contributed by atoms with Gasteiger partial charge in [0.15, 0.2) is 5.76 Å². The highest BCUT2D eigenvalue weighted by molar-refractivity contribution is 6.14. The van der Waals surface area contributed by atoms with Crippen LogP contribution < -0.4 is 18.9 Å². The molecular weight excluding hydrogens is 403 g/mol. The number of ether oxygens (including phenoxy) is 4. The Hall–Kier alpha value is -4.13. The number of hydrogen-bond donors (Lipinski definition) is 0. The first-order chi connectivity index (χ1) is 15.0. The zero-order valence-corrected chi connectivity index (χ0v) is 16.7. The van der Waals surface area contributed by atoms with Gasteiger partial charge in [-0.3, -0.25) is 4.79 Å². The Bertz CT molecular complexity index is 1190. The molecule has 0 bridgehead atoms. The van der Waals surface area contributed by atoms with Gasteiger partial charge in [0.2, 0.25) is 5.78 Å². The highest BCUT2D eigenvalue weighted by Crippen LogP contribution is 2.36. The largest absolute Gasteiger partial charge is 0.496 e. The average Bonchev–Trinajstić information content (AvgIpc) is 3.09. The Morgan fingerprint density at radius 1 is 0.968 bits per heavy atom.